The van der Waals surface area contributed by atoms with E-state index in [-0.39, 0.29) is 6.04 Å². The van der Waals surface area contributed by atoms with Crippen LogP contribution in [0.1, 0.15) is 40.0 Å². The molecule has 0 aromatic heterocycles. The number of nitrogens with one attached hydrogen (secondary N) is 1. The molecule has 0 spiro atoms. The third-order valence-corrected chi connectivity index (χ3v) is 5.58. The molecule has 0 aliphatic heterocycles. The first kappa shape index (κ1) is 13.0. The van der Waals surface area contributed by atoms with E-state index in [4.69, 9.17) is 0 Å². The van der Waals surface area contributed by atoms with Gasteiger partial charge in [-0.15, -0.1) is 0 Å². The summed E-state index contributed by atoms with van der Waals surface area (Å²) in [4.78, 5) is 0. The molecule has 1 aliphatic rings. The maximum absolute atomic E-state index is 11.7. The summed E-state index contributed by atoms with van der Waals surface area (Å²) in [7, 11) is -3.00. The molecule has 3 nitrogen and oxygen atoms in total. The molecule has 0 saturated heterocycles. The van der Waals surface area contributed by atoms with Crippen molar-refractivity contribution in [2.45, 2.75) is 50.8 Å². The van der Waals surface area contributed by atoms with Gasteiger partial charge in [-0.3, -0.25) is 0 Å². The molecule has 0 heterocycles. The van der Waals surface area contributed by atoms with Crippen LogP contribution in [0.25, 0.3) is 0 Å². The van der Waals surface area contributed by atoms with E-state index in [1.54, 1.807) is 0 Å². The number of sulfone groups is 1. The maximum Gasteiger partial charge on any atom is 0.154 e. The van der Waals surface area contributed by atoms with E-state index in [1.165, 1.54) is 19.1 Å². The average molecular weight is 233 g/mol. The summed E-state index contributed by atoms with van der Waals surface area (Å²) >= 11 is 0. The number of hydrogen-bond donors (Lipinski definition) is 1. The zero-order valence-electron chi connectivity index (χ0n) is 10.2. The van der Waals surface area contributed by atoms with Crippen LogP contribution in [0.3, 0.4) is 0 Å². The Bertz CT molecular complexity index is 305. The number of hydrogen-bond acceptors (Lipinski definition) is 3. The van der Waals surface area contributed by atoms with Crippen LogP contribution in [0, 0.1) is 5.92 Å². The molecule has 1 N–H and O–H groups in total. The molecule has 0 radical (unpaired) electrons. The van der Waals surface area contributed by atoms with Gasteiger partial charge in [0.1, 0.15) is 0 Å². The second kappa shape index (κ2) is 4.42. The molecule has 1 rings (SSSR count). The molecule has 1 aliphatic carbocycles. The van der Waals surface area contributed by atoms with Crippen molar-refractivity contribution in [3.05, 3.63) is 0 Å². The minimum atomic E-state index is -3.00. The van der Waals surface area contributed by atoms with Crippen molar-refractivity contribution in [2.24, 2.45) is 5.92 Å². The maximum atomic E-state index is 11.7. The average Bonchev–Trinajstić information content (AvgIpc) is 2.86. The van der Waals surface area contributed by atoms with Gasteiger partial charge in [-0.2, -0.15) is 0 Å². The van der Waals surface area contributed by atoms with Gasteiger partial charge in [-0.25, -0.2) is 8.42 Å². The lowest BCUT2D eigenvalue weighted by Gasteiger charge is -2.33. The molecular weight excluding hydrogens is 210 g/mol. The van der Waals surface area contributed by atoms with Gasteiger partial charge in [0.15, 0.2) is 9.84 Å². The highest BCUT2D eigenvalue weighted by atomic mass is 32.2. The van der Waals surface area contributed by atoms with Crippen molar-refractivity contribution in [1.82, 2.24) is 5.32 Å². The Morgan fingerprint density at radius 3 is 2.27 bits per heavy atom. The van der Waals surface area contributed by atoms with Crippen LogP contribution >= 0.6 is 0 Å². The third-order valence-electron chi connectivity index (χ3n) is 3.41. The van der Waals surface area contributed by atoms with E-state index < -0.39 is 14.6 Å². The number of rotatable bonds is 6. The van der Waals surface area contributed by atoms with E-state index in [2.05, 4.69) is 12.2 Å². The van der Waals surface area contributed by atoms with Crippen molar-refractivity contribution in [2.75, 3.05) is 12.8 Å². The molecule has 0 aromatic carbocycles. The van der Waals surface area contributed by atoms with Crippen LogP contribution in [-0.4, -0.2) is 32.0 Å². The Morgan fingerprint density at radius 2 is 1.93 bits per heavy atom. The summed E-state index contributed by atoms with van der Waals surface area (Å²) in [6.45, 7) is 6.69. The third kappa shape index (κ3) is 2.94. The second-order valence-corrected chi connectivity index (χ2v) is 7.74. The van der Waals surface area contributed by atoms with E-state index >= 15 is 0 Å². The van der Waals surface area contributed by atoms with Gasteiger partial charge in [0, 0.05) is 12.3 Å². The lowest BCUT2D eigenvalue weighted by Crippen LogP contribution is -2.53. The van der Waals surface area contributed by atoms with Gasteiger partial charge in [-0.05, 0) is 45.6 Å². The Balaban J connectivity index is 2.78. The minimum absolute atomic E-state index is 0.118. The van der Waals surface area contributed by atoms with E-state index in [0.717, 1.165) is 13.0 Å². The first-order valence-electron chi connectivity index (χ1n) is 5.73. The minimum Gasteiger partial charge on any atom is -0.312 e. The summed E-state index contributed by atoms with van der Waals surface area (Å²) in [5, 5.41) is 3.40. The fourth-order valence-corrected chi connectivity index (χ4v) is 2.68. The Hall–Kier alpha value is -0.0900. The van der Waals surface area contributed by atoms with Crippen molar-refractivity contribution in [3.8, 4) is 0 Å². The van der Waals surface area contributed by atoms with Gasteiger partial charge in [-0.1, -0.05) is 6.92 Å². The van der Waals surface area contributed by atoms with Gasteiger partial charge < -0.3 is 5.32 Å². The van der Waals surface area contributed by atoms with Gasteiger partial charge >= 0.3 is 0 Å². The van der Waals surface area contributed by atoms with Gasteiger partial charge in [0.2, 0.25) is 0 Å². The highest BCUT2D eigenvalue weighted by Gasteiger charge is 2.46. The highest BCUT2D eigenvalue weighted by Crippen LogP contribution is 2.39. The van der Waals surface area contributed by atoms with Crippen molar-refractivity contribution < 1.29 is 8.42 Å². The lowest BCUT2D eigenvalue weighted by molar-refractivity contribution is 0.373. The molecular formula is C11H23NO2S. The highest BCUT2D eigenvalue weighted by molar-refractivity contribution is 7.92. The Labute approximate surface area is 93.6 Å². The molecule has 1 fully saturated rings. The zero-order valence-corrected chi connectivity index (χ0v) is 11.0. The predicted molar refractivity (Wildman–Crippen MR) is 63.7 cm³/mol. The van der Waals surface area contributed by atoms with Crippen molar-refractivity contribution >= 4 is 9.84 Å². The van der Waals surface area contributed by atoms with Crippen LogP contribution in [0.15, 0.2) is 0 Å². The van der Waals surface area contributed by atoms with Gasteiger partial charge in [0.05, 0.1) is 4.75 Å². The summed E-state index contributed by atoms with van der Waals surface area (Å²) in [5.41, 5.74) is 0. The summed E-state index contributed by atoms with van der Waals surface area (Å²) < 4.78 is 22.9. The summed E-state index contributed by atoms with van der Waals surface area (Å²) in [6, 6.07) is 0.118. The van der Waals surface area contributed by atoms with Crippen LogP contribution in [0.5, 0.6) is 0 Å². The van der Waals surface area contributed by atoms with E-state index in [1.807, 2.05) is 13.8 Å². The molecule has 15 heavy (non-hydrogen) atoms. The molecule has 1 saturated carbocycles. The van der Waals surface area contributed by atoms with E-state index in [9.17, 15) is 8.42 Å². The molecule has 0 amide bonds. The SMILES string of the molecule is CCCNC(C1CC1)C(C)(C)S(C)(=O)=O. The molecule has 1 atom stereocenters. The van der Waals surface area contributed by atoms with Crippen molar-refractivity contribution in [3.63, 3.8) is 0 Å². The quantitative estimate of drug-likeness (QED) is 0.758. The smallest absolute Gasteiger partial charge is 0.154 e. The molecule has 90 valence electrons. The summed E-state index contributed by atoms with van der Waals surface area (Å²) in [6.07, 6.45) is 4.72. The van der Waals surface area contributed by atoms with E-state index in [0.29, 0.717) is 5.92 Å². The molecule has 0 aromatic rings. The standard InChI is InChI=1S/C11H23NO2S/c1-5-8-12-10(9-6-7-9)11(2,3)15(4,13)14/h9-10,12H,5-8H2,1-4H3. The van der Waals surface area contributed by atoms with Crippen LogP contribution in [0.4, 0.5) is 0 Å². The van der Waals surface area contributed by atoms with Gasteiger partial charge in [0.25, 0.3) is 0 Å². The van der Waals surface area contributed by atoms with Crippen LogP contribution < -0.4 is 5.32 Å². The molecule has 4 heteroatoms. The Morgan fingerprint density at radius 1 is 1.40 bits per heavy atom. The normalized spacial score (nSPS) is 20.3. The topological polar surface area (TPSA) is 46.2 Å². The molecule has 0 bridgehead atoms. The zero-order chi connectivity index (χ0) is 11.7. The van der Waals surface area contributed by atoms with Crippen molar-refractivity contribution in [1.29, 1.82) is 0 Å². The lowest BCUT2D eigenvalue weighted by atomic mass is 9.98. The fourth-order valence-electron chi connectivity index (χ4n) is 1.94. The van der Waals surface area contributed by atoms with Crippen LogP contribution in [-0.2, 0) is 9.84 Å². The second-order valence-electron chi connectivity index (χ2n) is 5.14. The van der Waals surface area contributed by atoms with Crippen LogP contribution in [0.2, 0.25) is 0 Å². The predicted octanol–water partition coefficient (Wildman–Crippen LogP) is 1.59. The largest absolute Gasteiger partial charge is 0.312 e. The Kier molecular flexibility index (Phi) is 3.82. The fraction of sp³-hybridized carbons (Fsp3) is 1.00. The monoisotopic (exact) mass is 233 g/mol. The first-order chi connectivity index (χ1) is 6.80. The molecule has 1 unspecified atom stereocenters. The summed E-state index contributed by atoms with van der Waals surface area (Å²) in [5.74, 6) is 0.557. The first-order valence-corrected chi connectivity index (χ1v) is 7.62.